The van der Waals surface area contributed by atoms with Crippen LogP contribution in [0.5, 0.6) is 5.88 Å². The third-order valence-electron chi connectivity index (χ3n) is 5.60. The van der Waals surface area contributed by atoms with Gasteiger partial charge in [0.15, 0.2) is 0 Å². The summed E-state index contributed by atoms with van der Waals surface area (Å²) in [7, 11) is 3.08. The lowest BCUT2D eigenvalue weighted by Gasteiger charge is -2.30. The molecule has 0 N–H and O–H groups in total. The largest absolute Gasteiger partial charge is 0.481 e. The zero-order chi connectivity index (χ0) is 19.7. The number of aromatic nitrogens is 2. The molecule has 0 unspecified atom stereocenters. The fourth-order valence-electron chi connectivity index (χ4n) is 4.43. The van der Waals surface area contributed by atoms with E-state index in [1.54, 1.807) is 13.2 Å². The maximum Gasteiger partial charge on any atom is 0.249 e. The van der Waals surface area contributed by atoms with Crippen LogP contribution in [-0.4, -0.2) is 61.2 Å². The predicted octanol–water partition coefficient (Wildman–Crippen LogP) is 1.91. The van der Waals surface area contributed by atoms with Crippen LogP contribution in [0.2, 0.25) is 0 Å². The summed E-state index contributed by atoms with van der Waals surface area (Å²) < 4.78 is 24.2. The van der Waals surface area contributed by atoms with Crippen LogP contribution in [0.4, 0.5) is 10.2 Å². The second-order valence-electron chi connectivity index (χ2n) is 7.23. The van der Waals surface area contributed by atoms with Crippen LogP contribution >= 0.6 is 0 Å². The molecule has 1 amide bonds. The molecular formula is C20H23FN4O3. The molecule has 4 rings (SSSR count). The van der Waals surface area contributed by atoms with Crippen LogP contribution in [0.3, 0.4) is 0 Å². The highest BCUT2D eigenvalue weighted by molar-refractivity contribution is 5.78. The smallest absolute Gasteiger partial charge is 0.249 e. The highest BCUT2D eigenvalue weighted by Crippen LogP contribution is 2.46. The molecule has 2 aromatic rings. The van der Waals surface area contributed by atoms with E-state index in [9.17, 15) is 9.18 Å². The molecule has 0 saturated carbocycles. The van der Waals surface area contributed by atoms with Gasteiger partial charge in [0.25, 0.3) is 0 Å². The zero-order valence-corrected chi connectivity index (χ0v) is 15.9. The average molecular weight is 386 g/mol. The van der Waals surface area contributed by atoms with E-state index in [1.165, 1.54) is 25.6 Å². The lowest BCUT2D eigenvalue weighted by Crippen LogP contribution is -2.37. The Labute approximate surface area is 163 Å². The van der Waals surface area contributed by atoms with Crippen molar-refractivity contribution in [2.24, 2.45) is 11.8 Å². The van der Waals surface area contributed by atoms with Gasteiger partial charge in [-0.1, -0.05) is 12.1 Å². The Kier molecular flexibility index (Phi) is 5.13. The second kappa shape index (κ2) is 7.71. The van der Waals surface area contributed by atoms with E-state index >= 15 is 0 Å². The number of carbonyl (C=O) groups excluding carboxylic acids is 1. The van der Waals surface area contributed by atoms with E-state index < -0.39 is 0 Å². The van der Waals surface area contributed by atoms with Crippen molar-refractivity contribution in [2.75, 3.05) is 45.4 Å². The van der Waals surface area contributed by atoms with Gasteiger partial charge in [0, 0.05) is 44.6 Å². The summed E-state index contributed by atoms with van der Waals surface area (Å²) in [5, 5.41) is 0. The van der Waals surface area contributed by atoms with Crippen LogP contribution in [0.25, 0.3) is 0 Å². The van der Waals surface area contributed by atoms with Crippen LogP contribution in [0.15, 0.2) is 36.7 Å². The molecule has 0 radical (unpaired) electrons. The minimum absolute atomic E-state index is 0.0259. The van der Waals surface area contributed by atoms with E-state index in [-0.39, 0.29) is 36.2 Å². The van der Waals surface area contributed by atoms with Crippen molar-refractivity contribution in [1.29, 1.82) is 0 Å². The predicted molar refractivity (Wildman–Crippen MR) is 101 cm³/mol. The molecule has 0 bridgehead atoms. The number of halogens is 1. The number of nitrogens with zero attached hydrogens (tertiary/aromatic N) is 4. The van der Waals surface area contributed by atoms with Crippen molar-refractivity contribution in [3.8, 4) is 5.88 Å². The Balaban J connectivity index is 1.62. The molecule has 148 valence electrons. The molecule has 2 aliphatic heterocycles. The highest BCUT2D eigenvalue weighted by Gasteiger charge is 2.49. The van der Waals surface area contributed by atoms with Gasteiger partial charge in [-0.15, -0.1) is 0 Å². The van der Waals surface area contributed by atoms with E-state index in [1.807, 2.05) is 17.0 Å². The summed E-state index contributed by atoms with van der Waals surface area (Å²) in [6.07, 6.45) is 1.49. The number of hydrogen-bond acceptors (Lipinski definition) is 6. The van der Waals surface area contributed by atoms with Gasteiger partial charge in [0.2, 0.25) is 11.8 Å². The lowest BCUT2D eigenvalue weighted by atomic mass is 9.89. The number of amides is 1. The number of methoxy groups -OCH3 is 2. The minimum Gasteiger partial charge on any atom is -0.481 e. The molecular weight excluding hydrogens is 363 g/mol. The monoisotopic (exact) mass is 386 g/mol. The van der Waals surface area contributed by atoms with Crippen LogP contribution in [0, 0.1) is 17.7 Å². The van der Waals surface area contributed by atoms with Crippen molar-refractivity contribution < 1.29 is 18.7 Å². The lowest BCUT2D eigenvalue weighted by molar-refractivity contribution is -0.136. The Morgan fingerprint density at radius 2 is 2.07 bits per heavy atom. The number of anilines is 1. The molecule has 3 atom stereocenters. The Morgan fingerprint density at radius 1 is 1.21 bits per heavy atom. The maximum atomic E-state index is 13.9. The average Bonchev–Trinajstić information content (AvgIpc) is 3.26. The molecule has 28 heavy (non-hydrogen) atoms. The molecule has 0 aliphatic carbocycles. The minimum atomic E-state index is -0.296. The SMILES string of the molecule is COCC(=O)N1C[C@H]2CN(c3cc(OC)ncn3)C[C@H]2[C@@H]1c1cccc(F)c1. The first-order valence-electron chi connectivity index (χ1n) is 9.25. The van der Waals surface area contributed by atoms with E-state index in [4.69, 9.17) is 9.47 Å². The van der Waals surface area contributed by atoms with E-state index in [0.717, 1.165) is 24.5 Å². The topological polar surface area (TPSA) is 67.8 Å². The number of likely N-dealkylation sites (tertiary alicyclic amines) is 1. The Hall–Kier alpha value is -2.74. The number of hydrogen-bond donors (Lipinski definition) is 0. The first-order chi connectivity index (χ1) is 13.6. The standard InChI is InChI=1S/C20H23FN4O3/c1-27-11-19(26)25-9-14-8-24(17-7-18(28-2)23-12-22-17)10-16(14)20(25)13-4-3-5-15(21)6-13/h3-7,12,14,16,20H,8-11H2,1-2H3/t14-,16-,20+/m1/s1. The van der Waals surface area contributed by atoms with Gasteiger partial charge < -0.3 is 19.3 Å². The van der Waals surface area contributed by atoms with Crippen molar-refractivity contribution in [2.45, 2.75) is 6.04 Å². The molecule has 1 aromatic carbocycles. The van der Waals surface area contributed by atoms with Gasteiger partial charge in [-0.3, -0.25) is 4.79 Å². The third kappa shape index (κ3) is 3.40. The van der Waals surface area contributed by atoms with Gasteiger partial charge in [-0.2, -0.15) is 0 Å². The van der Waals surface area contributed by atoms with Crippen molar-refractivity contribution in [1.82, 2.24) is 14.9 Å². The summed E-state index contributed by atoms with van der Waals surface area (Å²) in [6.45, 7) is 2.14. The van der Waals surface area contributed by atoms with Crippen molar-refractivity contribution in [3.63, 3.8) is 0 Å². The van der Waals surface area contributed by atoms with Crippen molar-refractivity contribution in [3.05, 3.63) is 48.0 Å². The summed E-state index contributed by atoms with van der Waals surface area (Å²) in [6, 6.07) is 8.16. The number of benzene rings is 1. The summed E-state index contributed by atoms with van der Waals surface area (Å²) >= 11 is 0. The first kappa shape index (κ1) is 18.6. The number of rotatable bonds is 5. The molecule has 7 nitrogen and oxygen atoms in total. The van der Waals surface area contributed by atoms with E-state index in [2.05, 4.69) is 14.9 Å². The Bertz CT molecular complexity index is 865. The molecule has 3 heterocycles. The van der Waals surface area contributed by atoms with E-state index in [0.29, 0.717) is 12.4 Å². The van der Waals surface area contributed by atoms with Gasteiger partial charge in [-0.25, -0.2) is 14.4 Å². The molecule has 2 saturated heterocycles. The van der Waals surface area contributed by atoms with Crippen LogP contribution < -0.4 is 9.64 Å². The number of ether oxygens (including phenoxy) is 2. The highest BCUT2D eigenvalue weighted by atomic mass is 19.1. The van der Waals surface area contributed by atoms with Gasteiger partial charge in [-0.05, 0) is 17.7 Å². The van der Waals surface area contributed by atoms with Crippen LogP contribution in [-0.2, 0) is 9.53 Å². The number of carbonyl (C=O) groups is 1. The fraction of sp³-hybridized carbons (Fsp3) is 0.450. The summed E-state index contributed by atoms with van der Waals surface area (Å²) in [4.78, 5) is 25.1. The molecule has 8 heteroatoms. The van der Waals surface area contributed by atoms with Gasteiger partial charge in [0.1, 0.15) is 24.6 Å². The third-order valence-corrected chi connectivity index (χ3v) is 5.60. The molecule has 1 aromatic heterocycles. The normalized spacial score (nSPS) is 23.8. The van der Waals surface area contributed by atoms with Crippen LogP contribution in [0.1, 0.15) is 11.6 Å². The first-order valence-corrected chi connectivity index (χ1v) is 9.25. The van der Waals surface area contributed by atoms with Crippen molar-refractivity contribution >= 4 is 11.7 Å². The number of fused-ring (bicyclic) bond motifs is 1. The molecule has 2 aliphatic rings. The maximum absolute atomic E-state index is 13.9. The zero-order valence-electron chi connectivity index (χ0n) is 15.9. The molecule has 2 fully saturated rings. The Morgan fingerprint density at radius 3 is 2.82 bits per heavy atom. The summed E-state index contributed by atoms with van der Waals surface area (Å²) in [5.41, 5.74) is 0.819. The fourth-order valence-corrected chi connectivity index (χ4v) is 4.43. The summed E-state index contributed by atoms with van der Waals surface area (Å²) in [5.74, 6) is 1.41. The van der Waals surface area contributed by atoms with Gasteiger partial charge >= 0.3 is 0 Å². The van der Waals surface area contributed by atoms with Gasteiger partial charge in [0.05, 0.1) is 13.2 Å². The second-order valence-corrected chi connectivity index (χ2v) is 7.23. The molecule has 0 spiro atoms. The quantitative estimate of drug-likeness (QED) is 0.782.